The van der Waals surface area contributed by atoms with Crippen molar-refractivity contribution in [1.82, 2.24) is 5.43 Å². The van der Waals surface area contributed by atoms with Gasteiger partial charge in [-0.25, -0.2) is 4.99 Å². The molecule has 0 radical (unpaired) electrons. The second kappa shape index (κ2) is 7.95. The van der Waals surface area contributed by atoms with Crippen molar-refractivity contribution in [1.29, 1.82) is 0 Å². The number of rotatable bonds is 5. The Morgan fingerprint density at radius 1 is 1.12 bits per heavy atom. The summed E-state index contributed by atoms with van der Waals surface area (Å²) < 4.78 is 5.22. The Balaban J connectivity index is 2.03. The third-order valence-corrected chi connectivity index (χ3v) is 4.54. The zero-order chi connectivity index (χ0) is 18.5. The lowest BCUT2D eigenvalue weighted by Crippen LogP contribution is -2.34. The average molecular weight is 349 g/mol. The van der Waals surface area contributed by atoms with Crippen LogP contribution < -0.4 is 10.2 Å². The number of fused-ring (bicyclic) bond motifs is 1. The van der Waals surface area contributed by atoms with Crippen LogP contribution in [0.5, 0.6) is 5.75 Å². The monoisotopic (exact) mass is 349 g/mol. The van der Waals surface area contributed by atoms with Gasteiger partial charge in [0.15, 0.2) is 5.78 Å². The number of benzene rings is 2. The molecule has 3 rings (SSSR count). The van der Waals surface area contributed by atoms with Gasteiger partial charge in [-0.2, -0.15) is 5.10 Å². The molecule has 1 atom stereocenters. The van der Waals surface area contributed by atoms with Crippen molar-refractivity contribution in [2.45, 2.75) is 32.6 Å². The molecule has 2 aromatic rings. The number of carbonyl (C=O) groups is 1. The quantitative estimate of drug-likeness (QED) is 0.640. The normalized spacial score (nSPS) is 15.7. The highest BCUT2D eigenvalue weighted by atomic mass is 16.5. The highest BCUT2D eigenvalue weighted by Crippen LogP contribution is 2.33. The molecular formula is C21H23N3O2. The van der Waals surface area contributed by atoms with Gasteiger partial charge >= 0.3 is 0 Å². The molecule has 0 aliphatic carbocycles. The molecule has 2 aromatic carbocycles. The molecule has 0 spiro atoms. The van der Waals surface area contributed by atoms with Crippen molar-refractivity contribution in [3.8, 4) is 5.75 Å². The van der Waals surface area contributed by atoms with Crippen molar-refractivity contribution in [2.24, 2.45) is 10.1 Å². The van der Waals surface area contributed by atoms with Crippen molar-refractivity contribution < 1.29 is 9.53 Å². The summed E-state index contributed by atoms with van der Waals surface area (Å²) in [5.41, 5.74) is 6.26. The first-order valence-corrected chi connectivity index (χ1v) is 8.85. The number of ketones is 1. The molecule has 1 aliphatic rings. The molecule has 1 N–H and O–H groups in total. The number of amidine groups is 1. The van der Waals surface area contributed by atoms with Crippen LogP contribution in [0.25, 0.3) is 0 Å². The van der Waals surface area contributed by atoms with Gasteiger partial charge in [-0.05, 0) is 42.7 Å². The van der Waals surface area contributed by atoms with Crippen LogP contribution >= 0.6 is 0 Å². The zero-order valence-electron chi connectivity index (χ0n) is 15.3. The Kier molecular flexibility index (Phi) is 5.46. The fourth-order valence-electron chi connectivity index (χ4n) is 2.99. The van der Waals surface area contributed by atoms with Crippen LogP contribution in [0.1, 0.15) is 48.5 Å². The summed E-state index contributed by atoms with van der Waals surface area (Å²) in [7, 11) is 1.62. The van der Waals surface area contributed by atoms with E-state index in [0.29, 0.717) is 17.1 Å². The maximum atomic E-state index is 13.2. The molecule has 0 saturated carbocycles. The Morgan fingerprint density at radius 2 is 1.81 bits per heavy atom. The summed E-state index contributed by atoms with van der Waals surface area (Å²) in [6.45, 7) is 4.13. The van der Waals surface area contributed by atoms with Crippen molar-refractivity contribution in [2.75, 3.05) is 7.11 Å². The highest BCUT2D eigenvalue weighted by molar-refractivity contribution is 6.21. The van der Waals surface area contributed by atoms with Gasteiger partial charge in [0, 0.05) is 11.3 Å². The minimum atomic E-state index is -0.505. The molecule has 0 amide bonds. The molecule has 1 heterocycles. The summed E-state index contributed by atoms with van der Waals surface area (Å²) >= 11 is 0. The van der Waals surface area contributed by atoms with Gasteiger partial charge in [0.25, 0.3) is 0 Å². The molecule has 1 unspecified atom stereocenters. The van der Waals surface area contributed by atoms with Gasteiger partial charge < -0.3 is 4.74 Å². The molecule has 5 heteroatoms. The fraction of sp³-hybridized carbons (Fsp3) is 0.286. The van der Waals surface area contributed by atoms with Gasteiger partial charge in [-0.1, -0.05) is 38.1 Å². The predicted molar refractivity (Wildman–Crippen MR) is 105 cm³/mol. The van der Waals surface area contributed by atoms with Gasteiger partial charge in [0.2, 0.25) is 0 Å². The average Bonchev–Trinajstić information content (AvgIpc) is 2.69. The number of methoxy groups -OCH3 is 1. The number of carbonyl (C=O) groups excluding carboxylic acids is 1. The molecular weight excluding hydrogens is 326 g/mol. The smallest absolute Gasteiger partial charge is 0.180 e. The molecule has 0 aromatic heterocycles. The number of ether oxygens (including phenoxy) is 1. The first-order chi connectivity index (χ1) is 12.7. The van der Waals surface area contributed by atoms with Gasteiger partial charge in [-0.15, -0.1) is 0 Å². The highest BCUT2D eigenvalue weighted by Gasteiger charge is 2.33. The topological polar surface area (TPSA) is 63.0 Å². The molecule has 0 fully saturated rings. The number of hydrogen-bond acceptors (Lipinski definition) is 5. The SMILES string of the molecule is CCC(CC)=NNC1=Nc2ccccc2C(=O)C1c1ccc(OC)cc1. The van der Waals surface area contributed by atoms with E-state index in [0.717, 1.165) is 29.9 Å². The molecule has 134 valence electrons. The summed E-state index contributed by atoms with van der Waals surface area (Å²) in [6.07, 6.45) is 1.71. The zero-order valence-corrected chi connectivity index (χ0v) is 15.3. The van der Waals surface area contributed by atoms with Crippen LogP contribution in [-0.2, 0) is 0 Å². The van der Waals surface area contributed by atoms with E-state index in [2.05, 4.69) is 29.4 Å². The minimum absolute atomic E-state index is 0.0213. The number of nitrogens with zero attached hydrogens (tertiary/aromatic N) is 2. The summed E-state index contributed by atoms with van der Waals surface area (Å²) in [6, 6.07) is 14.9. The Hall–Kier alpha value is -2.95. The van der Waals surface area contributed by atoms with E-state index in [1.807, 2.05) is 48.5 Å². The number of aliphatic imine (C=N–C) groups is 1. The summed E-state index contributed by atoms with van der Waals surface area (Å²) in [4.78, 5) is 17.8. The van der Waals surface area contributed by atoms with E-state index in [4.69, 9.17) is 4.74 Å². The predicted octanol–water partition coefficient (Wildman–Crippen LogP) is 4.47. The molecule has 0 bridgehead atoms. The number of para-hydroxylation sites is 1. The van der Waals surface area contributed by atoms with Gasteiger partial charge in [0.05, 0.1) is 12.8 Å². The van der Waals surface area contributed by atoms with E-state index in [1.54, 1.807) is 7.11 Å². The van der Waals surface area contributed by atoms with E-state index in [9.17, 15) is 4.79 Å². The molecule has 1 aliphatic heterocycles. The Labute approximate surface area is 153 Å². The Bertz CT molecular complexity index is 848. The Morgan fingerprint density at radius 3 is 2.46 bits per heavy atom. The van der Waals surface area contributed by atoms with Crippen molar-refractivity contribution >= 4 is 23.0 Å². The maximum absolute atomic E-state index is 13.2. The second-order valence-electron chi connectivity index (χ2n) is 6.08. The lowest BCUT2D eigenvalue weighted by Gasteiger charge is -2.24. The third-order valence-electron chi connectivity index (χ3n) is 4.54. The summed E-state index contributed by atoms with van der Waals surface area (Å²) in [5, 5.41) is 4.46. The van der Waals surface area contributed by atoms with E-state index in [1.165, 1.54) is 0 Å². The van der Waals surface area contributed by atoms with E-state index < -0.39 is 5.92 Å². The lowest BCUT2D eigenvalue weighted by molar-refractivity contribution is 0.0980. The third kappa shape index (κ3) is 3.52. The fourth-order valence-corrected chi connectivity index (χ4v) is 2.99. The largest absolute Gasteiger partial charge is 0.497 e. The number of nitrogens with one attached hydrogen (secondary N) is 1. The van der Waals surface area contributed by atoms with Crippen LogP contribution in [0.15, 0.2) is 58.6 Å². The maximum Gasteiger partial charge on any atom is 0.180 e. The first kappa shape index (κ1) is 17.9. The number of hydrogen-bond donors (Lipinski definition) is 1. The number of hydrazone groups is 1. The lowest BCUT2D eigenvalue weighted by atomic mass is 9.87. The minimum Gasteiger partial charge on any atom is -0.497 e. The van der Waals surface area contributed by atoms with Crippen LogP contribution in [-0.4, -0.2) is 24.4 Å². The molecule has 5 nitrogen and oxygen atoms in total. The number of Topliss-reactive ketones (excluding diaryl/α,β-unsaturated/α-hetero) is 1. The van der Waals surface area contributed by atoms with Crippen LogP contribution in [0, 0.1) is 0 Å². The van der Waals surface area contributed by atoms with E-state index in [-0.39, 0.29) is 5.78 Å². The van der Waals surface area contributed by atoms with Gasteiger partial charge in [-0.3, -0.25) is 10.2 Å². The van der Waals surface area contributed by atoms with Crippen LogP contribution in [0.4, 0.5) is 5.69 Å². The van der Waals surface area contributed by atoms with Gasteiger partial charge in [0.1, 0.15) is 17.5 Å². The van der Waals surface area contributed by atoms with E-state index >= 15 is 0 Å². The first-order valence-electron chi connectivity index (χ1n) is 8.85. The van der Waals surface area contributed by atoms with Crippen LogP contribution in [0.2, 0.25) is 0 Å². The molecule has 26 heavy (non-hydrogen) atoms. The van der Waals surface area contributed by atoms with Crippen molar-refractivity contribution in [3.63, 3.8) is 0 Å². The summed E-state index contributed by atoms with van der Waals surface area (Å²) in [5.74, 6) is 0.821. The van der Waals surface area contributed by atoms with Crippen molar-refractivity contribution in [3.05, 3.63) is 59.7 Å². The second-order valence-corrected chi connectivity index (χ2v) is 6.08. The molecule has 0 saturated heterocycles. The standard InChI is InChI=1S/C21H23N3O2/c1-4-15(5-2)23-24-21-19(14-10-12-16(26-3)13-11-14)20(25)17-8-6-7-9-18(17)22-21/h6-13,19H,4-5H2,1-3H3,(H,22,24). The van der Waals surface area contributed by atoms with Crippen LogP contribution in [0.3, 0.4) is 0 Å².